The third kappa shape index (κ3) is 3.68. The molecule has 0 spiro atoms. The fourth-order valence-electron chi connectivity index (χ4n) is 2.95. The first-order valence-electron chi connectivity index (χ1n) is 8.84. The van der Waals surface area contributed by atoms with Gasteiger partial charge in [-0.15, -0.1) is 0 Å². The average Bonchev–Trinajstić information content (AvgIpc) is 2.68. The van der Waals surface area contributed by atoms with Crippen LogP contribution >= 0.6 is 0 Å². The van der Waals surface area contributed by atoms with Gasteiger partial charge in [-0.05, 0) is 37.6 Å². The fourth-order valence-corrected chi connectivity index (χ4v) is 2.95. The number of carbonyl (C=O) groups is 1. The Morgan fingerprint density at radius 1 is 1.08 bits per heavy atom. The van der Waals surface area contributed by atoms with Gasteiger partial charge in [0.15, 0.2) is 0 Å². The number of amides is 1. The Morgan fingerprint density at radius 3 is 2.56 bits per heavy atom. The molecule has 0 aliphatic rings. The minimum atomic E-state index is 0.0739. The minimum Gasteiger partial charge on any atom is -0.339 e. The highest BCUT2D eigenvalue weighted by atomic mass is 16.2. The van der Waals surface area contributed by atoms with E-state index in [0.29, 0.717) is 6.54 Å². The molecule has 3 aromatic rings. The minimum absolute atomic E-state index is 0.0739. The van der Waals surface area contributed by atoms with E-state index in [4.69, 9.17) is 4.98 Å². The van der Waals surface area contributed by atoms with E-state index in [2.05, 4.69) is 11.9 Å². The van der Waals surface area contributed by atoms with E-state index in [0.717, 1.165) is 47.1 Å². The molecule has 0 saturated heterocycles. The lowest BCUT2D eigenvalue weighted by molar-refractivity contribution is 0.0764. The third-order valence-electron chi connectivity index (χ3n) is 4.37. The number of nitrogens with zero attached hydrogens (tertiary/aromatic N) is 3. The van der Waals surface area contributed by atoms with Crippen LogP contribution < -0.4 is 0 Å². The van der Waals surface area contributed by atoms with Crippen molar-refractivity contribution in [2.24, 2.45) is 0 Å². The summed E-state index contributed by atoms with van der Waals surface area (Å²) in [5.41, 5.74) is 3.32. The topological polar surface area (TPSA) is 46.1 Å². The smallest absolute Gasteiger partial charge is 0.254 e. The first-order valence-corrected chi connectivity index (χ1v) is 8.84. The second-order valence-electron chi connectivity index (χ2n) is 6.05. The van der Waals surface area contributed by atoms with Crippen LogP contribution in [0.4, 0.5) is 0 Å². The summed E-state index contributed by atoms with van der Waals surface area (Å²) in [5, 5.41) is 0.903. The highest BCUT2D eigenvalue weighted by Gasteiger charge is 2.18. The molecule has 0 radical (unpaired) electrons. The summed E-state index contributed by atoms with van der Waals surface area (Å²) in [4.78, 5) is 23.9. The van der Waals surface area contributed by atoms with Crippen molar-refractivity contribution in [3.8, 4) is 11.3 Å². The van der Waals surface area contributed by atoms with Crippen LogP contribution in [-0.2, 0) is 0 Å². The van der Waals surface area contributed by atoms with Crippen LogP contribution in [0, 0.1) is 0 Å². The summed E-state index contributed by atoms with van der Waals surface area (Å²) in [6, 6.07) is 13.6. The zero-order chi connectivity index (χ0) is 17.6. The number of pyridine rings is 2. The summed E-state index contributed by atoms with van der Waals surface area (Å²) in [6.45, 7) is 5.66. The number of hydrogen-bond acceptors (Lipinski definition) is 3. The largest absolute Gasteiger partial charge is 0.339 e. The van der Waals surface area contributed by atoms with Crippen molar-refractivity contribution in [3.63, 3.8) is 0 Å². The lowest BCUT2D eigenvalue weighted by Crippen LogP contribution is -2.32. The van der Waals surface area contributed by atoms with Gasteiger partial charge in [-0.3, -0.25) is 9.78 Å². The molecule has 0 aliphatic heterocycles. The lowest BCUT2D eigenvalue weighted by Gasteiger charge is -2.22. The number of aromatic nitrogens is 2. The van der Waals surface area contributed by atoms with E-state index < -0.39 is 0 Å². The molecule has 0 unspecified atom stereocenters. The van der Waals surface area contributed by atoms with Crippen molar-refractivity contribution in [2.45, 2.75) is 26.7 Å². The van der Waals surface area contributed by atoms with Crippen molar-refractivity contribution >= 4 is 16.8 Å². The predicted molar refractivity (Wildman–Crippen MR) is 101 cm³/mol. The monoisotopic (exact) mass is 333 g/mol. The molecule has 0 atom stereocenters. The average molecular weight is 333 g/mol. The summed E-state index contributed by atoms with van der Waals surface area (Å²) < 4.78 is 0. The van der Waals surface area contributed by atoms with E-state index in [1.54, 1.807) is 12.4 Å². The maximum Gasteiger partial charge on any atom is 0.254 e. The van der Waals surface area contributed by atoms with Gasteiger partial charge in [0.25, 0.3) is 5.91 Å². The highest BCUT2D eigenvalue weighted by molar-refractivity contribution is 6.07. The van der Waals surface area contributed by atoms with Crippen LogP contribution in [0.1, 0.15) is 37.0 Å². The van der Waals surface area contributed by atoms with E-state index in [1.807, 2.05) is 54.3 Å². The molecule has 1 aromatic carbocycles. The fraction of sp³-hybridized carbons (Fsp3) is 0.286. The molecular formula is C21H23N3O. The van der Waals surface area contributed by atoms with E-state index in [-0.39, 0.29) is 5.91 Å². The van der Waals surface area contributed by atoms with E-state index in [1.165, 1.54) is 0 Å². The van der Waals surface area contributed by atoms with Gasteiger partial charge in [-0.1, -0.05) is 31.5 Å². The zero-order valence-corrected chi connectivity index (χ0v) is 14.8. The molecule has 0 bridgehead atoms. The number of benzene rings is 1. The van der Waals surface area contributed by atoms with Crippen molar-refractivity contribution < 1.29 is 4.79 Å². The van der Waals surface area contributed by atoms with E-state index >= 15 is 0 Å². The van der Waals surface area contributed by atoms with Crippen molar-refractivity contribution in [3.05, 3.63) is 60.4 Å². The Balaban J connectivity index is 2.11. The van der Waals surface area contributed by atoms with Gasteiger partial charge in [0.1, 0.15) is 0 Å². The van der Waals surface area contributed by atoms with Gasteiger partial charge in [0.05, 0.1) is 16.8 Å². The molecule has 25 heavy (non-hydrogen) atoms. The Bertz CT molecular complexity index is 861. The molecule has 0 N–H and O–H groups in total. The van der Waals surface area contributed by atoms with Crippen LogP contribution in [0.3, 0.4) is 0 Å². The second-order valence-corrected chi connectivity index (χ2v) is 6.05. The Kier molecular flexibility index (Phi) is 5.39. The van der Waals surface area contributed by atoms with Crippen LogP contribution in [0.5, 0.6) is 0 Å². The molecule has 0 saturated carbocycles. The Labute approximate surface area is 148 Å². The molecular weight excluding hydrogens is 310 g/mol. The molecule has 2 heterocycles. The van der Waals surface area contributed by atoms with Gasteiger partial charge >= 0.3 is 0 Å². The molecule has 3 rings (SSSR count). The summed E-state index contributed by atoms with van der Waals surface area (Å²) in [6.07, 6.45) is 5.57. The SMILES string of the molecule is CCCCN(CC)C(=O)c1cc(-c2ccncc2)nc2ccccc12. The molecule has 4 nitrogen and oxygen atoms in total. The molecule has 4 heteroatoms. The Hall–Kier alpha value is -2.75. The maximum absolute atomic E-state index is 13.2. The quantitative estimate of drug-likeness (QED) is 0.664. The number of carbonyl (C=O) groups excluding carboxylic acids is 1. The Morgan fingerprint density at radius 2 is 1.84 bits per heavy atom. The summed E-state index contributed by atoms with van der Waals surface area (Å²) in [7, 11) is 0. The standard InChI is InChI=1S/C21H23N3O/c1-3-5-14-24(4-2)21(25)18-15-20(16-10-12-22-13-11-16)23-19-9-7-6-8-17(18)19/h6-13,15H,3-5,14H2,1-2H3. The first-order chi connectivity index (χ1) is 12.2. The van der Waals surface area contributed by atoms with Crippen molar-refractivity contribution in [1.82, 2.24) is 14.9 Å². The number of fused-ring (bicyclic) bond motifs is 1. The van der Waals surface area contributed by atoms with Gasteiger partial charge < -0.3 is 4.90 Å². The van der Waals surface area contributed by atoms with Gasteiger partial charge in [0.2, 0.25) is 0 Å². The second kappa shape index (κ2) is 7.88. The van der Waals surface area contributed by atoms with Gasteiger partial charge in [0, 0.05) is 36.4 Å². The maximum atomic E-state index is 13.2. The predicted octanol–water partition coefficient (Wildman–Crippen LogP) is 4.56. The van der Waals surface area contributed by atoms with E-state index in [9.17, 15) is 4.79 Å². The number of hydrogen-bond donors (Lipinski definition) is 0. The molecule has 128 valence electrons. The van der Waals surface area contributed by atoms with Crippen molar-refractivity contribution in [1.29, 1.82) is 0 Å². The van der Waals surface area contributed by atoms with Crippen LogP contribution in [-0.4, -0.2) is 33.9 Å². The molecule has 0 aliphatic carbocycles. The number of rotatable bonds is 6. The molecule has 1 amide bonds. The van der Waals surface area contributed by atoms with Crippen molar-refractivity contribution in [2.75, 3.05) is 13.1 Å². The molecule has 0 fully saturated rings. The summed E-state index contributed by atoms with van der Waals surface area (Å²) in [5.74, 6) is 0.0739. The number of unbranched alkanes of at least 4 members (excludes halogenated alkanes) is 1. The highest BCUT2D eigenvalue weighted by Crippen LogP contribution is 2.25. The van der Waals surface area contributed by atoms with Gasteiger partial charge in [-0.2, -0.15) is 0 Å². The lowest BCUT2D eigenvalue weighted by atomic mass is 10.0. The normalized spacial score (nSPS) is 10.8. The van der Waals surface area contributed by atoms with Crippen LogP contribution in [0.25, 0.3) is 22.2 Å². The van der Waals surface area contributed by atoms with Crippen LogP contribution in [0.2, 0.25) is 0 Å². The first kappa shape index (κ1) is 17.1. The van der Waals surface area contributed by atoms with Gasteiger partial charge in [-0.25, -0.2) is 4.98 Å². The number of para-hydroxylation sites is 1. The zero-order valence-electron chi connectivity index (χ0n) is 14.8. The third-order valence-corrected chi connectivity index (χ3v) is 4.37. The summed E-state index contributed by atoms with van der Waals surface area (Å²) >= 11 is 0. The van der Waals surface area contributed by atoms with Crippen LogP contribution in [0.15, 0.2) is 54.9 Å². The molecule has 2 aromatic heterocycles.